The molecule has 8 heteroatoms. The number of hydrogen-bond donors (Lipinski definition) is 1. The van der Waals surface area contributed by atoms with Gasteiger partial charge >= 0.3 is 5.97 Å². The molecule has 0 bridgehead atoms. The number of hydrogen-bond acceptors (Lipinski definition) is 4. The Balaban J connectivity index is 1.86. The minimum absolute atomic E-state index is 0.0356. The summed E-state index contributed by atoms with van der Waals surface area (Å²) in [7, 11) is 0. The van der Waals surface area contributed by atoms with Crippen LogP contribution in [0.3, 0.4) is 0 Å². The summed E-state index contributed by atoms with van der Waals surface area (Å²) in [4.78, 5) is 23.6. The molecule has 0 saturated carbocycles. The van der Waals surface area contributed by atoms with Crippen LogP contribution in [0.25, 0.3) is 0 Å². The number of carbonyl (C=O) groups is 2. The first kappa shape index (κ1) is 18.9. The molecule has 1 amide bonds. The minimum Gasteiger partial charge on any atom is -0.452 e. The molecule has 0 aliphatic heterocycles. The minimum atomic E-state index is -1.18. The highest BCUT2D eigenvalue weighted by Crippen LogP contribution is 2.23. The molecule has 2 aromatic rings. The van der Waals surface area contributed by atoms with Crippen LogP contribution in [0.4, 0.5) is 18.9 Å². The Morgan fingerprint density at radius 3 is 2.56 bits per heavy atom. The van der Waals surface area contributed by atoms with Crippen molar-refractivity contribution in [2.45, 2.75) is 17.9 Å². The Hall–Kier alpha value is -2.48. The molecule has 0 aromatic heterocycles. The summed E-state index contributed by atoms with van der Waals surface area (Å²) in [6, 6.07) is 8.43. The summed E-state index contributed by atoms with van der Waals surface area (Å²) < 4.78 is 44.9. The molecule has 0 fully saturated rings. The predicted molar refractivity (Wildman–Crippen MR) is 87.7 cm³/mol. The fourth-order valence-electron chi connectivity index (χ4n) is 1.81. The van der Waals surface area contributed by atoms with E-state index in [0.717, 1.165) is 30.0 Å². The molecule has 25 heavy (non-hydrogen) atoms. The summed E-state index contributed by atoms with van der Waals surface area (Å²) in [5.74, 6) is -3.71. The maximum absolute atomic E-state index is 13.5. The number of carbonyl (C=O) groups excluding carboxylic acids is 2. The summed E-state index contributed by atoms with van der Waals surface area (Å²) in [5, 5.41) is 2.30. The van der Waals surface area contributed by atoms with Crippen LogP contribution in [0.1, 0.15) is 6.92 Å². The summed E-state index contributed by atoms with van der Waals surface area (Å²) >= 11 is 0.748. The lowest BCUT2D eigenvalue weighted by molar-refractivity contribution is -0.150. The van der Waals surface area contributed by atoms with Crippen molar-refractivity contribution in [2.75, 3.05) is 11.1 Å². The van der Waals surface area contributed by atoms with Crippen molar-refractivity contribution in [3.8, 4) is 0 Å². The summed E-state index contributed by atoms with van der Waals surface area (Å²) in [6.07, 6.45) is -1.18. The number of nitrogens with one attached hydrogen (secondary N) is 1. The van der Waals surface area contributed by atoms with Gasteiger partial charge in [0.15, 0.2) is 6.10 Å². The molecule has 0 heterocycles. The number of amides is 1. The van der Waals surface area contributed by atoms with Gasteiger partial charge in [-0.15, -0.1) is 11.8 Å². The van der Waals surface area contributed by atoms with Gasteiger partial charge in [0.1, 0.15) is 17.5 Å². The Morgan fingerprint density at radius 2 is 1.84 bits per heavy atom. The van der Waals surface area contributed by atoms with Gasteiger partial charge in [0, 0.05) is 4.90 Å². The fraction of sp³-hybridized carbons (Fsp3) is 0.176. The maximum Gasteiger partial charge on any atom is 0.317 e. The lowest BCUT2D eigenvalue weighted by atomic mass is 10.3. The molecule has 0 aliphatic rings. The molecule has 132 valence electrons. The van der Waals surface area contributed by atoms with Crippen LogP contribution in [0.15, 0.2) is 47.4 Å². The number of esters is 1. The molecule has 4 nitrogen and oxygen atoms in total. The van der Waals surface area contributed by atoms with Gasteiger partial charge in [0.05, 0.1) is 11.4 Å². The monoisotopic (exact) mass is 369 g/mol. The van der Waals surface area contributed by atoms with E-state index >= 15 is 0 Å². The zero-order valence-electron chi connectivity index (χ0n) is 13.1. The third-order valence-electron chi connectivity index (χ3n) is 3.05. The standard InChI is InChI=1S/C17H14F3NO3S/c1-10(17(23)21-14-5-3-2-4-12(14)19)24-16(22)9-25-15-8-11(18)6-7-13(15)20/h2-8,10H,9H2,1H3,(H,21,23)/t10-/m0/s1. The van der Waals surface area contributed by atoms with Gasteiger partial charge in [-0.25, -0.2) is 13.2 Å². The molecule has 0 unspecified atom stereocenters. The van der Waals surface area contributed by atoms with Crippen LogP contribution in [0.2, 0.25) is 0 Å². The second-order valence-electron chi connectivity index (χ2n) is 4.96. The Kier molecular flexibility index (Phi) is 6.46. The van der Waals surface area contributed by atoms with Gasteiger partial charge in [-0.2, -0.15) is 0 Å². The van der Waals surface area contributed by atoms with E-state index in [1.165, 1.54) is 25.1 Å². The molecule has 2 rings (SSSR count). The molecule has 0 spiro atoms. The largest absolute Gasteiger partial charge is 0.452 e. The van der Waals surface area contributed by atoms with Gasteiger partial charge in [0.2, 0.25) is 0 Å². The predicted octanol–water partition coefficient (Wildman–Crippen LogP) is 3.77. The first-order chi connectivity index (χ1) is 11.9. The molecule has 0 radical (unpaired) electrons. The molecular weight excluding hydrogens is 355 g/mol. The highest BCUT2D eigenvalue weighted by molar-refractivity contribution is 8.00. The van der Waals surface area contributed by atoms with Crippen molar-refractivity contribution >= 4 is 29.3 Å². The molecule has 2 aromatic carbocycles. The number of rotatable bonds is 6. The molecular formula is C17H14F3NO3S. The third kappa shape index (κ3) is 5.53. The van der Waals surface area contributed by atoms with Crippen LogP contribution >= 0.6 is 11.8 Å². The number of para-hydroxylation sites is 1. The smallest absolute Gasteiger partial charge is 0.317 e. The van der Waals surface area contributed by atoms with Crippen molar-refractivity contribution in [1.82, 2.24) is 0 Å². The third-order valence-corrected chi connectivity index (χ3v) is 4.05. The average molecular weight is 369 g/mol. The maximum atomic E-state index is 13.5. The number of halogens is 3. The van der Waals surface area contributed by atoms with E-state index in [0.29, 0.717) is 0 Å². The SMILES string of the molecule is C[C@H](OC(=O)CSc1cc(F)ccc1F)C(=O)Nc1ccccc1F. The first-order valence-electron chi connectivity index (χ1n) is 7.19. The highest BCUT2D eigenvalue weighted by Gasteiger charge is 2.19. The first-order valence-corrected chi connectivity index (χ1v) is 8.18. The number of anilines is 1. The van der Waals surface area contributed by atoms with Gasteiger partial charge in [-0.3, -0.25) is 9.59 Å². The van der Waals surface area contributed by atoms with Crippen molar-refractivity contribution < 1.29 is 27.5 Å². The van der Waals surface area contributed by atoms with E-state index in [9.17, 15) is 22.8 Å². The van der Waals surface area contributed by atoms with Crippen LogP contribution in [-0.2, 0) is 14.3 Å². The van der Waals surface area contributed by atoms with E-state index in [2.05, 4.69) is 5.32 Å². The Labute approximate surface area is 146 Å². The van der Waals surface area contributed by atoms with Crippen LogP contribution < -0.4 is 5.32 Å². The molecule has 0 saturated heterocycles. The van der Waals surface area contributed by atoms with Crippen molar-refractivity contribution in [3.63, 3.8) is 0 Å². The average Bonchev–Trinajstić information content (AvgIpc) is 2.57. The van der Waals surface area contributed by atoms with Crippen LogP contribution in [0.5, 0.6) is 0 Å². The Morgan fingerprint density at radius 1 is 1.12 bits per heavy atom. The van der Waals surface area contributed by atoms with Crippen LogP contribution in [0, 0.1) is 17.5 Å². The van der Waals surface area contributed by atoms with Gasteiger partial charge < -0.3 is 10.1 Å². The highest BCUT2D eigenvalue weighted by atomic mass is 32.2. The van der Waals surface area contributed by atoms with Crippen LogP contribution in [-0.4, -0.2) is 23.7 Å². The quantitative estimate of drug-likeness (QED) is 0.622. The Bertz CT molecular complexity index is 785. The summed E-state index contributed by atoms with van der Waals surface area (Å²) in [6.45, 7) is 1.32. The lowest BCUT2D eigenvalue weighted by Crippen LogP contribution is -2.30. The molecule has 1 N–H and O–H groups in total. The van der Waals surface area contributed by atoms with Crippen molar-refractivity contribution in [1.29, 1.82) is 0 Å². The normalized spacial score (nSPS) is 11.7. The van der Waals surface area contributed by atoms with Crippen molar-refractivity contribution in [3.05, 3.63) is 59.9 Å². The lowest BCUT2D eigenvalue weighted by Gasteiger charge is -2.14. The molecule has 0 aliphatic carbocycles. The second-order valence-corrected chi connectivity index (χ2v) is 5.98. The van der Waals surface area contributed by atoms with E-state index < -0.39 is 35.4 Å². The second kappa shape index (κ2) is 8.57. The number of ether oxygens (including phenoxy) is 1. The van der Waals surface area contributed by atoms with E-state index in [-0.39, 0.29) is 16.3 Å². The van der Waals surface area contributed by atoms with E-state index in [1.807, 2.05) is 0 Å². The van der Waals surface area contributed by atoms with E-state index in [4.69, 9.17) is 4.74 Å². The number of thioether (sulfide) groups is 1. The van der Waals surface area contributed by atoms with Crippen molar-refractivity contribution in [2.24, 2.45) is 0 Å². The summed E-state index contributed by atoms with van der Waals surface area (Å²) in [5.41, 5.74) is -0.0356. The zero-order chi connectivity index (χ0) is 18.4. The van der Waals surface area contributed by atoms with E-state index in [1.54, 1.807) is 6.07 Å². The zero-order valence-corrected chi connectivity index (χ0v) is 13.9. The van der Waals surface area contributed by atoms with Gasteiger partial charge in [0.25, 0.3) is 5.91 Å². The molecule has 1 atom stereocenters. The topological polar surface area (TPSA) is 55.4 Å². The van der Waals surface area contributed by atoms with Gasteiger partial charge in [-0.1, -0.05) is 12.1 Å². The van der Waals surface area contributed by atoms with Gasteiger partial charge in [-0.05, 0) is 37.3 Å². The number of benzene rings is 2. The fourth-order valence-corrected chi connectivity index (χ4v) is 2.55.